The molecule has 1 aromatic carbocycles. The van der Waals surface area contributed by atoms with Crippen molar-refractivity contribution < 1.29 is 22.9 Å². The van der Waals surface area contributed by atoms with Crippen LogP contribution in [0.3, 0.4) is 0 Å². The topological polar surface area (TPSA) is 116 Å². The van der Waals surface area contributed by atoms with Gasteiger partial charge in [0.1, 0.15) is 0 Å². The number of carbonyl (C=O) groups excluding carboxylic acids is 1. The Bertz CT molecular complexity index is 694. The van der Waals surface area contributed by atoms with Gasteiger partial charge in [-0.1, -0.05) is 0 Å². The van der Waals surface area contributed by atoms with Crippen LogP contribution in [-0.2, 0) is 19.6 Å². The SMILES string of the molecule is Cc1cc([N+](=O)[O-])ccc1S(=O)(=O)NC(=O)C[C@H]1CCCO1. The molecule has 0 saturated carbocycles. The molecule has 120 valence electrons. The van der Waals surface area contributed by atoms with Gasteiger partial charge in [-0.3, -0.25) is 14.9 Å². The Hall–Kier alpha value is -2.00. The van der Waals surface area contributed by atoms with Crippen LogP contribution in [0.5, 0.6) is 0 Å². The summed E-state index contributed by atoms with van der Waals surface area (Å²) in [5.41, 5.74) is -0.00579. The monoisotopic (exact) mass is 328 g/mol. The van der Waals surface area contributed by atoms with Crippen LogP contribution in [0.4, 0.5) is 5.69 Å². The van der Waals surface area contributed by atoms with Gasteiger partial charge in [0.05, 0.1) is 22.3 Å². The lowest BCUT2D eigenvalue weighted by Gasteiger charge is -2.11. The van der Waals surface area contributed by atoms with Crippen molar-refractivity contribution in [3.63, 3.8) is 0 Å². The van der Waals surface area contributed by atoms with Gasteiger partial charge in [-0.05, 0) is 31.4 Å². The summed E-state index contributed by atoms with van der Waals surface area (Å²) in [5, 5.41) is 10.7. The normalized spacial score (nSPS) is 18.1. The highest BCUT2D eigenvalue weighted by Gasteiger charge is 2.25. The predicted octanol–water partition coefficient (Wildman–Crippen LogP) is 1.28. The minimum absolute atomic E-state index is 0.0226. The number of nitrogens with one attached hydrogen (secondary N) is 1. The van der Waals surface area contributed by atoms with Crippen molar-refractivity contribution in [2.24, 2.45) is 0 Å². The van der Waals surface area contributed by atoms with Gasteiger partial charge in [-0.25, -0.2) is 13.1 Å². The van der Waals surface area contributed by atoms with Crippen molar-refractivity contribution in [1.29, 1.82) is 0 Å². The van der Waals surface area contributed by atoms with E-state index in [1.54, 1.807) is 0 Å². The molecule has 0 aromatic heterocycles. The number of ether oxygens (including phenoxy) is 1. The molecular weight excluding hydrogens is 312 g/mol. The molecule has 1 aliphatic rings. The summed E-state index contributed by atoms with van der Waals surface area (Å²) in [6, 6.07) is 3.36. The van der Waals surface area contributed by atoms with Crippen molar-refractivity contribution in [2.75, 3.05) is 6.61 Å². The number of nitro benzene ring substituents is 1. The second-order valence-electron chi connectivity index (χ2n) is 5.07. The van der Waals surface area contributed by atoms with Gasteiger partial charge in [0.2, 0.25) is 5.91 Å². The van der Waals surface area contributed by atoms with Gasteiger partial charge in [0.15, 0.2) is 0 Å². The van der Waals surface area contributed by atoms with Crippen LogP contribution >= 0.6 is 0 Å². The van der Waals surface area contributed by atoms with E-state index in [-0.39, 0.29) is 28.7 Å². The van der Waals surface area contributed by atoms with E-state index in [4.69, 9.17) is 4.74 Å². The van der Waals surface area contributed by atoms with Gasteiger partial charge >= 0.3 is 0 Å². The molecule has 0 spiro atoms. The fourth-order valence-corrected chi connectivity index (χ4v) is 3.53. The summed E-state index contributed by atoms with van der Waals surface area (Å²) >= 11 is 0. The van der Waals surface area contributed by atoms with Crippen molar-refractivity contribution in [3.05, 3.63) is 33.9 Å². The fraction of sp³-hybridized carbons (Fsp3) is 0.462. The summed E-state index contributed by atoms with van der Waals surface area (Å²) in [7, 11) is -4.05. The minimum Gasteiger partial charge on any atom is -0.378 e. The van der Waals surface area contributed by atoms with Gasteiger partial charge in [-0.2, -0.15) is 0 Å². The zero-order valence-electron chi connectivity index (χ0n) is 11.9. The summed E-state index contributed by atoms with van der Waals surface area (Å²) in [5.74, 6) is -0.648. The fourth-order valence-electron chi connectivity index (χ4n) is 2.31. The highest BCUT2D eigenvalue weighted by molar-refractivity contribution is 7.90. The van der Waals surface area contributed by atoms with E-state index in [0.29, 0.717) is 6.61 Å². The molecule has 9 heteroatoms. The van der Waals surface area contributed by atoms with E-state index < -0.39 is 20.9 Å². The van der Waals surface area contributed by atoms with Crippen LogP contribution in [0.15, 0.2) is 23.1 Å². The van der Waals surface area contributed by atoms with Crippen LogP contribution in [0.25, 0.3) is 0 Å². The first-order chi connectivity index (χ1) is 10.3. The molecule has 1 aliphatic heterocycles. The van der Waals surface area contributed by atoms with E-state index in [1.807, 2.05) is 4.72 Å². The number of aryl methyl sites for hydroxylation is 1. The molecule has 22 heavy (non-hydrogen) atoms. The first-order valence-electron chi connectivity index (χ1n) is 6.72. The van der Waals surface area contributed by atoms with Gasteiger partial charge in [0, 0.05) is 18.7 Å². The third-order valence-electron chi connectivity index (χ3n) is 3.34. The standard InChI is InChI=1S/C13H16N2O6S/c1-9-7-10(15(17)18)4-5-12(9)22(19,20)14-13(16)8-11-3-2-6-21-11/h4-5,7,11H,2-3,6,8H2,1H3,(H,14,16)/t11-/m1/s1. The van der Waals surface area contributed by atoms with Crippen molar-refractivity contribution in [1.82, 2.24) is 4.72 Å². The minimum atomic E-state index is -4.05. The molecule has 2 rings (SSSR count). The van der Waals surface area contributed by atoms with Crippen LogP contribution in [0.1, 0.15) is 24.8 Å². The maximum Gasteiger partial charge on any atom is 0.269 e. The Labute approximate surface area is 127 Å². The average Bonchev–Trinajstić information content (AvgIpc) is 2.90. The number of amides is 1. The molecule has 0 aliphatic carbocycles. The molecule has 1 N–H and O–H groups in total. The number of hydrogen-bond donors (Lipinski definition) is 1. The summed E-state index contributed by atoms with van der Waals surface area (Å²) in [4.78, 5) is 21.7. The smallest absolute Gasteiger partial charge is 0.269 e. The molecule has 1 atom stereocenters. The highest BCUT2D eigenvalue weighted by atomic mass is 32.2. The van der Waals surface area contributed by atoms with Crippen LogP contribution in [0.2, 0.25) is 0 Å². The number of nitrogens with zero attached hydrogens (tertiary/aromatic N) is 1. The average molecular weight is 328 g/mol. The second kappa shape index (κ2) is 6.41. The lowest BCUT2D eigenvalue weighted by Crippen LogP contribution is -2.33. The number of carbonyl (C=O) groups is 1. The van der Waals surface area contributed by atoms with Gasteiger partial charge in [-0.15, -0.1) is 0 Å². The number of sulfonamides is 1. The Kier molecular flexibility index (Phi) is 4.77. The lowest BCUT2D eigenvalue weighted by atomic mass is 10.2. The first kappa shape index (κ1) is 16.4. The van der Waals surface area contributed by atoms with E-state index in [1.165, 1.54) is 6.92 Å². The highest BCUT2D eigenvalue weighted by Crippen LogP contribution is 2.21. The molecule has 0 bridgehead atoms. The van der Waals surface area contributed by atoms with E-state index in [9.17, 15) is 23.3 Å². The van der Waals surface area contributed by atoms with Crippen molar-refractivity contribution >= 4 is 21.6 Å². The number of nitro groups is 1. The second-order valence-corrected chi connectivity index (χ2v) is 6.73. The van der Waals surface area contributed by atoms with Crippen molar-refractivity contribution in [2.45, 2.75) is 37.2 Å². The predicted molar refractivity (Wildman–Crippen MR) is 76.8 cm³/mol. The largest absolute Gasteiger partial charge is 0.378 e. The molecule has 1 fully saturated rings. The zero-order chi connectivity index (χ0) is 16.3. The van der Waals surface area contributed by atoms with Crippen molar-refractivity contribution in [3.8, 4) is 0 Å². The van der Waals surface area contributed by atoms with Crippen LogP contribution in [0, 0.1) is 17.0 Å². The first-order valence-corrected chi connectivity index (χ1v) is 8.20. The molecule has 0 unspecified atom stereocenters. The summed E-state index contributed by atoms with van der Waals surface area (Å²) < 4.78 is 31.6. The number of benzene rings is 1. The van der Waals surface area contributed by atoms with E-state index in [0.717, 1.165) is 31.0 Å². The quantitative estimate of drug-likeness (QED) is 0.643. The van der Waals surface area contributed by atoms with Crippen LogP contribution in [-0.4, -0.2) is 32.0 Å². The Morgan fingerprint density at radius 3 is 2.77 bits per heavy atom. The Morgan fingerprint density at radius 2 is 2.23 bits per heavy atom. The number of hydrogen-bond acceptors (Lipinski definition) is 6. The molecule has 1 heterocycles. The molecule has 8 nitrogen and oxygen atoms in total. The summed E-state index contributed by atoms with van der Waals surface area (Å²) in [6.45, 7) is 2.01. The third-order valence-corrected chi connectivity index (χ3v) is 4.88. The lowest BCUT2D eigenvalue weighted by molar-refractivity contribution is -0.385. The van der Waals surface area contributed by atoms with Crippen LogP contribution < -0.4 is 4.72 Å². The Morgan fingerprint density at radius 1 is 1.50 bits per heavy atom. The molecule has 1 saturated heterocycles. The zero-order valence-corrected chi connectivity index (χ0v) is 12.8. The van der Waals surface area contributed by atoms with Gasteiger partial charge < -0.3 is 4.74 Å². The molecule has 1 aromatic rings. The Balaban J connectivity index is 2.12. The molecule has 1 amide bonds. The molecule has 0 radical (unpaired) electrons. The number of non-ortho nitro benzene ring substituents is 1. The molecular formula is C13H16N2O6S. The maximum atomic E-state index is 12.2. The third kappa shape index (κ3) is 3.80. The maximum absolute atomic E-state index is 12.2. The van der Waals surface area contributed by atoms with E-state index in [2.05, 4.69) is 0 Å². The summed E-state index contributed by atoms with van der Waals surface area (Å²) in [6.07, 6.45) is 1.30. The van der Waals surface area contributed by atoms with E-state index >= 15 is 0 Å². The van der Waals surface area contributed by atoms with Gasteiger partial charge in [0.25, 0.3) is 15.7 Å². The number of rotatable bonds is 5.